The molecule has 220 valence electrons. The van der Waals surface area contributed by atoms with Gasteiger partial charge in [0, 0.05) is 14.2 Å². The Morgan fingerprint density at radius 2 is 1.61 bits per heavy atom. The first-order valence-corrected chi connectivity index (χ1v) is 15.5. The van der Waals surface area contributed by atoms with E-state index in [1.165, 1.54) is 18.4 Å². The molecule has 0 heterocycles. The number of hydrogen-bond donors (Lipinski definition) is 1. The molecule has 12 unspecified atom stereocenters. The summed E-state index contributed by atoms with van der Waals surface area (Å²) < 4.78 is 23.6. The van der Waals surface area contributed by atoms with E-state index in [-0.39, 0.29) is 34.6 Å². The highest BCUT2D eigenvalue weighted by Gasteiger charge is 2.71. The molecule has 0 spiro atoms. The van der Waals surface area contributed by atoms with Gasteiger partial charge in [0.15, 0.2) is 0 Å². The van der Waals surface area contributed by atoms with E-state index in [0.29, 0.717) is 49.1 Å². The molecule has 0 aromatic heterocycles. The van der Waals surface area contributed by atoms with Crippen molar-refractivity contribution in [2.45, 2.75) is 118 Å². The van der Waals surface area contributed by atoms with Gasteiger partial charge >= 0.3 is 0 Å². The first-order chi connectivity index (χ1) is 17.9. The number of rotatable bonds is 10. The molecular weight excluding hydrogens is 476 g/mol. The number of allylic oxidation sites excluding steroid dienone is 2. The Balaban J connectivity index is 1.67. The van der Waals surface area contributed by atoms with Gasteiger partial charge in [-0.2, -0.15) is 0 Å². The van der Waals surface area contributed by atoms with Crippen molar-refractivity contribution in [2.75, 3.05) is 27.8 Å². The Morgan fingerprint density at radius 3 is 2.24 bits per heavy atom. The van der Waals surface area contributed by atoms with E-state index < -0.39 is 0 Å². The second kappa shape index (κ2) is 11.8. The van der Waals surface area contributed by atoms with Crippen molar-refractivity contribution in [1.82, 2.24) is 0 Å². The van der Waals surface area contributed by atoms with Crippen LogP contribution in [0.3, 0.4) is 0 Å². The molecule has 4 saturated carbocycles. The third-order valence-corrected chi connectivity index (χ3v) is 12.6. The summed E-state index contributed by atoms with van der Waals surface area (Å²) in [6.45, 7) is 17.6. The molecule has 4 fully saturated rings. The van der Waals surface area contributed by atoms with Crippen LogP contribution in [0.1, 0.15) is 99.8 Å². The van der Waals surface area contributed by atoms with Crippen molar-refractivity contribution < 1.29 is 24.1 Å². The third kappa shape index (κ3) is 5.06. The maximum absolute atomic E-state index is 11.7. The molecule has 5 heteroatoms. The SMILES string of the molecule is COCOC1CCC2(C)C(CCC3(C)C2C(OCOC)CC2C(C(C)CCC=C(C)C)C(O)CC23C)C1C. The van der Waals surface area contributed by atoms with Gasteiger partial charge in [0.1, 0.15) is 13.6 Å². The van der Waals surface area contributed by atoms with E-state index in [2.05, 4.69) is 54.5 Å². The highest BCUT2D eigenvalue weighted by Crippen LogP contribution is 2.75. The number of methoxy groups -OCH3 is 2. The van der Waals surface area contributed by atoms with Crippen molar-refractivity contribution in [1.29, 1.82) is 0 Å². The molecular formula is C33H58O5. The molecule has 1 N–H and O–H groups in total. The largest absolute Gasteiger partial charge is 0.393 e. The van der Waals surface area contributed by atoms with E-state index in [1.807, 2.05) is 0 Å². The molecule has 4 rings (SSSR count). The molecule has 0 bridgehead atoms. The summed E-state index contributed by atoms with van der Waals surface area (Å²) in [4.78, 5) is 0. The fourth-order valence-corrected chi connectivity index (χ4v) is 10.7. The molecule has 0 aromatic rings. The molecule has 38 heavy (non-hydrogen) atoms. The normalized spacial score (nSPS) is 47.1. The van der Waals surface area contributed by atoms with Gasteiger partial charge in [0.25, 0.3) is 0 Å². The van der Waals surface area contributed by atoms with Gasteiger partial charge < -0.3 is 24.1 Å². The summed E-state index contributed by atoms with van der Waals surface area (Å²) >= 11 is 0. The van der Waals surface area contributed by atoms with Crippen LogP contribution in [0.2, 0.25) is 0 Å². The zero-order chi connectivity index (χ0) is 27.9. The Labute approximate surface area is 233 Å². The van der Waals surface area contributed by atoms with Gasteiger partial charge in [-0.05, 0) is 117 Å². The lowest BCUT2D eigenvalue weighted by molar-refractivity contribution is -0.264. The minimum atomic E-state index is -0.229. The molecule has 0 amide bonds. The predicted molar refractivity (Wildman–Crippen MR) is 152 cm³/mol. The maximum atomic E-state index is 11.7. The molecule has 5 nitrogen and oxygen atoms in total. The summed E-state index contributed by atoms with van der Waals surface area (Å²) in [6.07, 6.45) is 11.4. The van der Waals surface area contributed by atoms with E-state index in [0.717, 1.165) is 38.5 Å². The first-order valence-electron chi connectivity index (χ1n) is 15.5. The van der Waals surface area contributed by atoms with Gasteiger partial charge in [0.2, 0.25) is 0 Å². The van der Waals surface area contributed by atoms with Crippen LogP contribution in [-0.2, 0) is 18.9 Å². The minimum absolute atomic E-state index is 0.111. The number of aliphatic hydroxyl groups is 1. The number of hydrogen-bond acceptors (Lipinski definition) is 5. The van der Waals surface area contributed by atoms with Crippen LogP contribution < -0.4 is 0 Å². The summed E-state index contributed by atoms with van der Waals surface area (Å²) in [7, 11) is 3.46. The molecule has 4 aliphatic carbocycles. The first kappa shape index (κ1) is 30.5. The summed E-state index contributed by atoms with van der Waals surface area (Å²) in [6, 6.07) is 0. The van der Waals surface area contributed by atoms with Crippen molar-refractivity contribution in [3.63, 3.8) is 0 Å². The Hall–Kier alpha value is -0.460. The second-order valence-electron chi connectivity index (χ2n) is 14.6. The third-order valence-electron chi connectivity index (χ3n) is 12.6. The Morgan fingerprint density at radius 1 is 0.947 bits per heavy atom. The van der Waals surface area contributed by atoms with Gasteiger partial charge in [0.05, 0.1) is 18.3 Å². The van der Waals surface area contributed by atoms with Crippen LogP contribution in [-0.4, -0.2) is 51.2 Å². The van der Waals surface area contributed by atoms with E-state index >= 15 is 0 Å². The fourth-order valence-electron chi connectivity index (χ4n) is 10.7. The lowest BCUT2D eigenvalue weighted by Gasteiger charge is -2.70. The zero-order valence-electron chi connectivity index (χ0n) is 25.9. The van der Waals surface area contributed by atoms with Crippen LogP contribution in [0.25, 0.3) is 0 Å². The molecule has 0 radical (unpaired) electrons. The van der Waals surface area contributed by atoms with Crippen molar-refractivity contribution in [3.05, 3.63) is 11.6 Å². The average Bonchev–Trinajstić information content (AvgIpc) is 3.12. The van der Waals surface area contributed by atoms with Crippen molar-refractivity contribution in [3.8, 4) is 0 Å². The van der Waals surface area contributed by atoms with E-state index in [1.54, 1.807) is 14.2 Å². The minimum Gasteiger partial charge on any atom is -0.393 e. The predicted octanol–water partition coefficient (Wildman–Crippen LogP) is 7.22. The average molecular weight is 535 g/mol. The summed E-state index contributed by atoms with van der Waals surface area (Å²) in [5.74, 6) is 2.86. The number of aliphatic hydroxyl groups excluding tert-OH is 1. The zero-order valence-corrected chi connectivity index (χ0v) is 25.9. The van der Waals surface area contributed by atoms with Crippen LogP contribution in [0, 0.1) is 51.8 Å². The van der Waals surface area contributed by atoms with Crippen molar-refractivity contribution >= 4 is 0 Å². The maximum Gasteiger partial charge on any atom is 0.146 e. The van der Waals surface area contributed by atoms with Gasteiger partial charge in [-0.15, -0.1) is 0 Å². The van der Waals surface area contributed by atoms with Crippen LogP contribution in [0.5, 0.6) is 0 Å². The van der Waals surface area contributed by atoms with Gasteiger partial charge in [-0.25, -0.2) is 0 Å². The molecule has 0 aromatic carbocycles. The van der Waals surface area contributed by atoms with Crippen molar-refractivity contribution in [2.24, 2.45) is 51.8 Å². The molecule has 0 saturated heterocycles. The van der Waals surface area contributed by atoms with E-state index in [4.69, 9.17) is 18.9 Å². The van der Waals surface area contributed by atoms with Crippen LogP contribution >= 0.6 is 0 Å². The Bertz CT molecular complexity index is 824. The quantitative estimate of drug-likeness (QED) is 0.237. The van der Waals surface area contributed by atoms with Gasteiger partial charge in [-0.1, -0.05) is 46.3 Å². The second-order valence-corrected chi connectivity index (χ2v) is 14.6. The lowest BCUT2D eigenvalue weighted by atomic mass is 9.36. The number of fused-ring (bicyclic) bond motifs is 5. The smallest absolute Gasteiger partial charge is 0.146 e. The standard InChI is InChI=1S/C33H58O5/c1-21(2)11-10-12-22(3)29-25-17-28(38-20-36-9)30-31(5)15-14-27(37-19-35-8)23(4)24(31)13-16-32(30,6)33(25,7)18-26(29)34/h11,22-30,34H,10,12-20H2,1-9H3. The highest BCUT2D eigenvalue weighted by molar-refractivity contribution is 5.20. The monoisotopic (exact) mass is 534 g/mol. The summed E-state index contributed by atoms with van der Waals surface area (Å²) in [5, 5.41) is 11.7. The Kier molecular flexibility index (Phi) is 9.47. The molecule has 12 atom stereocenters. The van der Waals surface area contributed by atoms with E-state index in [9.17, 15) is 5.11 Å². The van der Waals surface area contributed by atoms with Crippen LogP contribution in [0.15, 0.2) is 11.6 Å². The van der Waals surface area contributed by atoms with Gasteiger partial charge in [-0.3, -0.25) is 0 Å². The molecule has 4 aliphatic rings. The summed E-state index contributed by atoms with van der Waals surface area (Å²) in [5.41, 5.74) is 1.80. The van der Waals surface area contributed by atoms with Crippen LogP contribution in [0.4, 0.5) is 0 Å². The number of ether oxygens (including phenoxy) is 4. The highest BCUT2D eigenvalue weighted by atomic mass is 16.7. The molecule has 0 aliphatic heterocycles. The lowest BCUT2D eigenvalue weighted by Crippen LogP contribution is -2.66. The fraction of sp³-hybridized carbons (Fsp3) is 0.939. The topological polar surface area (TPSA) is 57.2 Å².